The van der Waals surface area contributed by atoms with E-state index in [1.165, 1.54) is 44.9 Å². The molecule has 0 aromatic rings. The van der Waals surface area contributed by atoms with Gasteiger partial charge in [-0.05, 0) is 18.8 Å². The van der Waals surface area contributed by atoms with Crippen LogP contribution in [0.4, 0.5) is 0 Å². The van der Waals surface area contributed by atoms with Crippen molar-refractivity contribution in [3.05, 3.63) is 0 Å². The van der Waals surface area contributed by atoms with Gasteiger partial charge >= 0.3 is 0 Å². The summed E-state index contributed by atoms with van der Waals surface area (Å²) in [4.78, 5) is 8.00. The van der Waals surface area contributed by atoms with Crippen molar-refractivity contribution in [3.63, 3.8) is 0 Å². The number of hydrogen-bond donors (Lipinski definition) is 0. The van der Waals surface area contributed by atoms with Crippen molar-refractivity contribution >= 4 is 30.0 Å². The summed E-state index contributed by atoms with van der Waals surface area (Å²) in [6, 6.07) is 0. The summed E-state index contributed by atoms with van der Waals surface area (Å²) in [5.41, 5.74) is 0. The minimum absolute atomic E-state index is 0.816. The van der Waals surface area contributed by atoms with Gasteiger partial charge in [-0.1, -0.05) is 79.6 Å². The van der Waals surface area contributed by atoms with E-state index in [4.69, 9.17) is 28.0 Å². The van der Waals surface area contributed by atoms with Gasteiger partial charge in [0.15, 0.2) is 0 Å². The third-order valence-corrected chi connectivity index (χ3v) is 3.14. The first-order chi connectivity index (χ1) is 10.1. The van der Waals surface area contributed by atoms with Crippen LogP contribution >= 0.6 is 23.2 Å². The van der Waals surface area contributed by atoms with Gasteiger partial charge in [0, 0.05) is 11.8 Å². The van der Waals surface area contributed by atoms with Crippen molar-refractivity contribution in [2.45, 2.75) is 92.4 Å². The molecular weight excluding hydrogens is 303 g/mol. The average molecular weight is 343 g/mol. The number of rotatable bonds is 9. The zero-order chi connectivity index (χ0) is 17.4. The van der Waals surface area contributed by atoms with E-state index in [2.05, 4.69) is 34.6 Å². The lowest BCUT2D eigenvalue weighted by Gasteiger charge is -2.01. The Morgan fingerprint density at radius 2 is 1.10 bits per heavy atom. The molecule has 132 valence electrons. The molecule has 21 heavy (non-hydrogen) atoms. The Balaban J connectivity index is -0.000000104. The Bertz CT molecular complexity index is 120. The van der Waals surface area contributed by atoms with Crippen LogP contribution in [0, 0.1) is 5.92 Å². The highest BCUT2D eigenvalue weighted by Gasteiger charge is 1.91. The van der Waals surface area contributed by atoms with Crippen LogP contribution in [0.25, 0.3) is 0 Å². The molecule has 1 nitrogen and oxygen atoms in total. The van der Waals surface area contributed by atoms with E-state index in [9.17, 15) is 0 Å². The van der Waals surface area contributed by atoms with E-state index < -0.39 is 0 Å². The van der Waals surface area contributed by atoms with Gasteiger partial charge in [0.25, 0.3) is 0 Å². The Morgan fingerprint density at radius 1 is 0.714 bits per heavy atom. The SMILES string of the molecule is C=O.CCCCCCC(C)C.CCCCCl.CCCCCl. The van der Waals surface area contributed by atoms with E-state index in [1.807, 2.05) is 6.79 Å². The Hall–Kier alpha value is 0.250. The summed E-state index contributed by atoms with van der Waals surface area (Å²) in [6.07, 6.45) is 11.8. The van der Waals surface area contributed by atoms with Crippen molar-refractivity contribution in [3.8, 4) is 0 Å². The van der Waals surface area contributed by atoms with Gasteiger partial charge in [-0.25, -0.2) is 0 Å². The van der Waals surface area contributed by atoms with Crippen LogP contribution < -0.4 is 0 Å². The third kappa shape index (κ3) is 64.2. The number of alkyl halides is 2. The molecule has 0 aromatic heterocycles. The van der Waals surface area contributed by atoms with E-state index >= 15 is 0 Å². The smallest absolute Gasteiger partial charge is 0.106 e. The molecule has 0 radical (unpaired) electrons. The fourth-order valence-electron chi connectivity index (χ4n) is 1.25. The minimum Gasteiger partial charge on any atom is -0.307 e. The van der Waals surface area contributed by atoms with E-state index in [0.29, 0.717) is 0 Å². The van der Waals surface area contributed by atoms with Gasteiger partial charge in [-0.15, -0.1) is 23.2 Å². The monoisotopic (exact) mass is 342 g/mol. The van der Waals surface area contributed by atoms with Crippen LogP contribution in [0.2, 0.25) is 0 Å². The quantitative estimate of drug-likeness (QED) is 0.313. The molecule has 0 spiro atoms. The van der Waals surface area contributed by atoms with Crippen LogP contribution in [0.1, 0.15) is 92.4 Å². The summed E-state index contributed by atoms with van der Waals surface area (Å²) >= 11 is 10.6. The molecule has 0 atom stereocenters. The highest BCUT2D eigenvalue weighted by Crippen LogP contribution is 2.08. The molecule has 3 heteroatoms. The van der Waals surface area contributed by atoms with E-state index in [-0.39, 0.29) is 0 Å². The van der Waals surface area contributed by atoms with Crippen molar-refractivity contribution < 1.29 is 4.79 Å². The summed E-state index contributed by atoms with van der Waals surface area (Å²) in [5.74, 6) is 2.54. The fourth-order valence-corrected chi connectivity index (χ4v) is 1.78. The lowest BCUT2D eigenvalue weighted by atomic mass is 10.1. The third-order valence-electron chi connectivity index (χ3n) is 2.61. The molecule has 0 N–H and O–H groups in total. The lowest BCUT2D eigenvalue weighted by Crippen LogP contribution is -1.86. The van der Waals surface area contributed by atoms with Crippen LogP contribution in [-0.2, 0) is 4.79 Å². The van der Waals surface area contributed by atoms with Gasteiger partial charge in [0.2, 0.25) is 0 Å². The summed E-state index contributed by atoms with van der Waals surface area (Å²) in [5, 5.41) is 0. The molecule has 0 saturated heterocycles. The predicted molar refractivity (Wildman–Crippen MR) is 102 cm³/mol. The van der Waals surface area contributed by atoms with Crippen LogP contribution in [-0.4, -0.2) is 18.5 Å². The highest BCUT2D eigenvalue weighted by molar-refractivity contribution is 6.18. The second-order valence-electron chi connectivity index (χ2n) is 5.33. The van der Waals surface area contributed by atoms with Crippen LogP contribution in [0.3, 0.4) is 0 Å². The second kappa shape index (κ2) is 37.0. The predicted octanol–water partition coefficient (Wildman–Crippen LogP) is 7.48. The minimum atomic E-state index is 0.816. The molecule has 0 aliphatic carbocycles. The molecule has 0 fully saturated rings. The molecule has 0 saturated carbocycles. The van der Waals surface area contributed by atoms with Gasteiger partial charge in [0.05, 0.1) is 0 Å². The van der Waals surface area contributed by atoms with Crippen LogP contribution in [0.15, 0.2) is 0 Å². The van der Waals surface area contributed by atoms with Crippen molar-refractivity contribution in [2.24, 2.45) is 5.92 Å². The summed E-state index contributed by atoms with van der Waals surface area (Å²) in [7, 11) is 0. The molecule has 0 amide bonds. The first-order valence-corrected chi connectivity index (χ1v) is 9.58. The fraction of sp³-hybridized carbons (Fsp3) is 0.944. The van der Waals surface area contributed by atoms with E-state index in [1.54, 1.807) is 0 Å². The van der Waals surface area contributed by atoms with Gasteiger partial charge in [0.1, 0.15) is 6.79 Å². The van der Waals surface area contributed by atoms with Gasteiger partial charge < -0.3 is 4.79 Å². The summed E-state index contributed by atoms with van der Waals surface area (Å²) in [6.45, 7) is 13.1. The molecule has 0 aliphatic rings. The summed E-state index contributed by atoms with van der Waals surface area (Å²) < 4.78 is 0. The maximum atomic E-state index is 8.00. The highest BCUT2D eigenvalue weighted by atomic mass is 35.5. The Labute approximate surface area is 145 Å². The number of halogens is 2. The number of carbonyl (C=O) groups is 1. The first-order valence-electron chi connectivity index (χ1n) is 8.51. The zero-order valence-corrected chi connectivity index (χ0v) is 16.7. The number of unbranched alkanes of at least 4 members (excludes halogenated alkanes) is 5. The van der Waals surface area contributed by atoms with E-state index in [0.717, 1.165) is 30.5 Å². The van der Waals surface area contributed by atoms with Crippen LogP contribution in [0.5, 0.6) is 0 Å². The lowest BCUT2D eigenvalue weighted by molar-refractivity contribution is -0.0979. The first kappa shape index (κ1) is 29.3. The largest absolute Gasteiger partial charge is 0.307 e. The zero-order valence-electron chi connectivity index (χ0n) is 15.2. The number of carbonyl (C=O) groups excluding carboxylic acids is 1. The van der Waals surface area contributed by atoms with Crippen molar-refractivity contribution in [2.75, 3.05) is 11.8 Å². The van der Waals surface area contributed by atoms with Crippen molar-refractivity contribution in [1.29, 1.82) is 0 Å². The number of hydrogen-bond acceptors (Lipinski definition) is 1. The molecule has 0 aromatic carbocycles. The Kier molecular flexibility index (Phi) is 51.5. The second-order valence-corrected chi connectivity index (χ2v) is 6.08. The maximum Gasteiger partial charge on any atom is 0.106 e. The maximum absolute atomic E-state index is 8.00. The molecule has 0 unspecified atom stereocenters. The normalized spacial score (nSPS) is 8.76. The topological polar surface area (TPSA) is 17.1 Å². The van der Waals surface area contributed by atoms with Gasteiger partial charge in [-0.2, -0.15) is 0 Å². The van der Waals surface area contributed by atoms with Gasteiger partial charge in [-0.3, -0.25) is 0 Å². The van der Waals surface area contributed by atoms with Crippen molar-refractivity contribution in [1.82, 2.24) is 0 Å². The molecule has 0 rings (SSSR count). The molecular formula is C18H40Cl2O. The molecule has 0 aliphatic heterocycles. The molecule has 0 heterocycles. The molecule has 0 bridgehead atoms. The average Bonchev–Trinajstić information content (AvgIpc) is 2.49. The standard InChI is InChI=1S/C9H20.2C4H9Cl.CH2O/c1-4-5-6-7-8-9(2)3;2*1-2-3-4-5;1-2/h9H,4-8H2,1-3H3;2*2-4H2,1H3;1H2. The Morgan fingerprint density at radius 3 is 1.29 bits per heavy atom.